The van der Waals surface area contributed by atoms with Crippen LogP contribution in [0.25, 0.3) is 0 Å². The third-order valence-electron chi connectivity index (χ3n) is 2.64. The number of hydrogen-bond donors (Lipinski definition) is 0. The number of carbonyl (C=O) groups is 1. The van der Waals surface area contributed by atoms with E-state index in [0.717, 1.165) is 23.0 Å². The molecule has 0 N–H and O–H groups in total. The molecule has 0 spiro atoms. The summed E-state index contributed by atoms with van der Waals surface area (Å²) in [5.74, 6) is 0. The van der Waals surface area contributed by atoms with Crippen molar-refractivity contribution >= 4 is 39.3 Å². The lowest BCUT2D eigenvalue weighted by Gasteiger charge is -2.26. The van der Waals surface area contributed by atoms with Gasteiger partial charge in [-0.1, -0.05) is 33.6 Å². The average Bonchev–Trinajstić information content (AvgIpc) is 2.31. The number of hydrogen-bond acceptors (Lipinski definition) is 2. The van der Waals surface area contributed by atoms with Gasteiger partial charge in [-0.25, -0.2) is 4.79 Å². The SMILES string of the molecule is CCN(C(=O)OC(C)(C)C)c1ccc(CCBr)c(Cl)c1. The monoisotopic (exact) mass is 361 g/mol. The molecular weight excluding hydrogens is 342 g/mol. The summed E-state index contributed by atoms with van der Waals surface area (Å²) >= 11 is 9.64. The second-order valence-electron chi connectivity index (χ2n) is 5.44. The Hall–Kier alpha value is -0.740. The highest BCUT2D eigenvalue weighted by atomic mass is 79.9. The smallest absolute Gasteiger partial charge is 0.414 e. The summed E-state index contributed by atoms with van der Waals surface area (Å²) in [5.41, 5.74) is 1.31. The molecule has 0 atom stereocenters. The first-order valence-electron chi connectivity index (χ1n) is 6.63. The number of alkyl halides is 1. The predicted molar refractivity (Wildman–Crippen MR) is 88.2 cm³/mol. The van der Waals surface area contributed by atoms with Gasteiger partial charge in [0, 0.05) is 22.6 Å². The summed E-state index contributed by atoms with van der Waals surface area (Å²) in [7, 11) is 0. The third kappa shape index (κ3) is 4.98. The second-order valence-corrected chi connectivity index (χ2v) is 6.64. The van der Waals surface area contributed by atoms with Gasteiger partial charge < -0.3 is 4.74 Å². The van der Waals surface area contributed by atoms with E-state index in [0.29, 0.717) is 11.6 Å². The first-order valence-corrected chi connectivity index (χ1v) is 8.13. The summed E-state index contributed by atoms with van der Waals surface area (Å²) in [6.07, 6.45) is 0.502. The van der Waals surface area contributed by atoms with Crippen molar-refractivity contribution in [3.05, 3.63) is 28.8 Å². The molecule has 0 aromatic heterocycles. The van der Waals surface area contributed by atoms with E-state index in [-0.39, 0.29) is 6.09 Å². The Balaban J connectivity index is 2.95. The van der Waals surface area contributed by atoms with Crippen molar-refractivity contribution in [3.63, 3.8) is 0 Å². The van der Waals surface area contributed by atoms with Gasteiger partial charge in [0.2, 0.25) is 0 Å². The Labute approximate surface area is 134 Å². The fraction of sp³-hybridized carbons (Fsp3) is 0.533. The number of carbonyl (C=O) groups excluding carboxylic acids is 1. The predicted octanol–water partition coefficient (Wildman–Crippen LogP) is 5.04. The summed E-state index contributed by atoms with van der Waals surface area (Å²) in [6, 6.07) is 5.66. The molecule has 0 heterocycles. The molecule has 0 saturated heterocycles. The van der Waals surface area contributed by atoms with E-state index in [1.165, 1.54) is 0 Å². The van der Waals surface area contributed by atoms with Gasteiger partial charge in [-0.2, -0.15) is 0 Å². The van der Waals surface area contributed by atoms with E-state index in [4.69, 9.17) is 16.3 Å². The molecule has 1 amide bonds. The van der Waals surface area contributed by atoms with E-state index in [1.807, 2.05) is 45.9 Å². The molecule has 0 bridgehead atoms. The molecule has 5 heteroatoms. The minimum atomic E-state index is -0.510. The van der Waals surface area contributed by atoms with Gasteiger partial charge in [0.15, 0.2) is 0 Å². The lowest BCUT2D eigenvalue weighted by atomic mass is 10.1. The van der Waals surface area contributed by atoms with Crippen molar-refractivity contribution in [2.24, 2.45) is 0 Å². The van der Waals surface area contributed by atoms with Crippen LogP contribution < -0.4 is 4.90 Å². The quantitative estimate of drug-likeness (QED) is 0.702. The topological polar surface area (TPSA) is 29.5 Å². The van der Waals surface area contributed by atoms with Crippen molar-refractivity contribution in [2.45, 2.75) is 39.7 Å². The van der Waals surface area contributed by atoms with Crippen LogP contribution in [-0.4, -0.2) is 23.6 Å². The van der Waals surface area contributed by atoms with Gasteiger partial charge in [-0.05, 0) is 51.8 Å². The molecule has 0 saturated carbocycles. The van der Waals surface area contributed by atoms with Crippen molar-refractivity contribution < 1.29 is 9.53 Å². The molecule has 1 aromatic carbocycles. The fourth-order valence-corrected chi connectivity index (χ4v) is 2.44. The standard InChI is InChI=1S/C15H21BrClNO2/c1-5-18(14(19)20-15(2,3)4)12-7-6-11(8-9-16)13(17)10-12/h6-7,10H,5,8-9H2,1-4H3. The largest absolute Gasteiger partial charge is 0.443 e. The average molecular weight is 363 g/mol. The Morgan fingerprint density at radius 2 is 2.05 bits per heavy atom. The highest BCUT2D eigenvalue weighted by molar-refractivity contribution is 9.09. The van der Waals surface area contributed by atoms with E-state index >= 15 is 0 Å². The molecule has 0 unspecified atom stereocenters. The molecule has 112 valence electrons. The summed E-state index contributed by atoms with van der Waals surface area (Å²) in [6.45, 7) is 7.99. The first-order chi connectivity index (χ1) is 9.28. The first kappa shape index (κ1) is 17.3. The zero-order valence-electron chi connectivity index (χ0n) is 12.4. The van der Waals surface area contributed by atoms with Crippen molar-refractivity contribution in [1.82, 2.24) is 0 Å². The van der Waals surface area contributed by atoms with Crippen LogP contribution in [0.4, 0.5) is 10.5 Å². The molecule has 1 aromatic rings. The normalized spacial score (nSPS) is 11.3. The molecule has 0 aliphatic rings. The van der Waals surface area contributed by atoms with Crippen LogP contribution in [0.5, 0.6) is 0 Å². The number of rotatable bonds is 4. The highest BCUT2D eigenvalue weighted by Crippen LogP contribution is 2.25. The van der Waals surface area contributed by atoms with E-state index in [1.54, 1.807) is 4.90 Å². The minimum absolute atomic E-state index is 0.357. The minimum Gasteiger partial charge on any atom is -0.443 e. The number of ether oxygens (including phenoxy) is 1. The Kier molecular flexibility index (Phi) is 6.34. The van der Waals surface area contributed by atoms with Crippen molar-refractivity contribution in [1.29, 1.82) is 0 Å². The second kappa shape index (κ2) is 7.32. The van der Waals surface area contributed by atoms with E-state index < -0.39 is 5.60 Å². The number of anilines is 1. The molecule has 0 aliphatic carbocycles. The summed E-state index contributed by atoms with van der Waals surface area (Å²) < 4.78 is 5.40. The van der Waals surface area contributed by atoms with E-state index in [9.17, 15) is 4.79 Å². The molecule has 3 nitrogen and oxygen atoms in total. The molecule has 1 rings (SSSR count). The number of benzene rings is 1. The molecule has 0 fully saturated rings. The van der Waals surface area contributed by atoms with Gasteiger partial charge in [0.05, 0.1) is 0 Å². The van der Waals surface area contributed by atoms with Gasteiger partial charge in [-0.3, -0.25) is 4.90 Å². The lowest BCUT2D eigenvalue weighted by Crippen LogP contribution is -2.36. The maximum absolute atomic E-state index is 12.2. The van der Waals surface area contributed by atoms with Crippen molar-refractivity contribution in [3.8, 4) is 0 Å². The maximum atomic E-state index is 12.2. The maximum Gasteiger partial charge on any atom is 0.414 e. The van der Waals surface area contributed by atoms with Crippen LogP contribution in [-0.2, 0) is 11.2 Å². The van der Waals surface area contributed by atoms with Gasteiger partial charge >= 0.3 is 6.09 Å². The molecular formula is C15H21BrClNO2. The molecule has 0 aliphatic heterocycles. The van der Waals surface area contributed by atoms with E-state index in [2.05, 4.69) is 15.9 Å². The molecule has 0 radical (unpaired) electrons. The third-order valence-corrected chi connectivity index (χ3v) is 3.39. The Morgan fingerprint density at radius 1 is 1.40 bits per heavy atom. The van der Waals surface area contributed by atoms with Gasteiger partial charge in [-0.15, -0.1) is 0 Å². The van der Waals surface area contributed by atoms with Crippen LogP contribution >= 0.6 is 27.5 Å². The van der Waals surface area contributed by atoms with Crippen LogP contribution in [0.2, 0.25) is 5.02 Å². The Bertz CT molecular complexity index is 471. The van der Waals surface area contributed by atoms with Crippen LogP contribution in [0.15, 0.2) is 18.2 Å². The summed E-state index contributed by atoms with van der Waals surface area (Å²) in [4.78, 5) is 13.7. The van der Waals surface area contributed by atoms with Gasteiger partial charge in [0.25, 0.3) is 0 Å². The molecule has 20 heavy (non-hydrogen) atoms. The Morgan fingerprint density at radius 3 is 2.50 bits per heavy atom. The van der Waals surface area contributed by atoms with Crippen LogP contribution in [0, 0.1) is 0 Å². The van der Waals surface area contributed by atoms with Crippen LogP contribution in [0.3, 0.4) is 0 Å². The lowest BCUT2D eigenvalue weighted by molar-refractivity contribution is 0.0582. The number of nitrogens with zero attached hydrogens (tertiary/aromatic N) is 1. The fourth-order valence-electron chi connectivity index (χ4n) is 1.74. The van der Waals surface area contributed by atoms with Crippen molar-refractivity contribution in [2.75, 3.05) is 16.8 Å². The number of aryl methyl sites for hydroxylation is 1. The number of amides is 1. The zero-order valence-corrected chi connectivity index (χ0v) is 14.7. The summed E-state index contributed by atoms with van der Waals surface area (Å²) in [5, 5.41) is 1.53. The zero-order chi connectivity index (χ0) is 15.3. The highest BCUT2D eigenvalue weighted by Gasteiger charge is 2.22. The van der Waals surface area contributed by atoms with Gasteiger partial charge in [0.1, 0.15) is 5.60 Å². The number of halogens is 2. The van der Waals surface area contributed by atoms with Crippen LogP contribution in [0.1, 0.15) is 33.3 Å².